The second kappa shape index (κ2) is 7.95. The van der Waals surface area contributed by atoms with Crippen LogP contribution in [0.4, 0.5) is 10.1 Å². The van der Waals surface area contributed by atoms with Gasteiger partial charge in [0.1, 0.15) is 11.5 Å². The van der Waals surface area contributed by atoms with E-state index in [1.165, 1.54) is 6.07 Å². The molecule has 0 aliphatic carbocycles. The predicted molar refractivity (Wildman–Crippen MR) is 115 cm³/mol. The highest BCUT2D eigenvalue weighted by atomic mass is 19.1. The van der Waals surface area contributed by atoms with Crippen molar-refractivity contribution in [3.8, 4) is 0 Å². The normalized spacial score (nSPS) is 13.9. The maximum Gasteiger partial charge on any atom is 0.278 e. The van der Waals surface area contributed by atoms with Gasteiger partial charge in [0.15, 0.2) is 0 Å². The Morgan fingerprint density at radius 1 is 0.833 bits per heavy atom. The smallest absolute Gasteiger partial charge is 0.278 e. The summed E-state index contributed by atoms with van der Waals surface area (Å²) in [5, 5.41) is 3.11. The van der Waals surface area contributed by atoms with Gasteiger partial charge in [0.05, 0.1) is 12.1 Å². The van der Waals surface area contributed by atoms with Crippen LogP contribution in [-0.4, -0.2) is 16.7 Å². The molecule has 5 heteroatoms. The molecule has 0 unspecified atom stereocenters. The van der Waals surface area contributed by atoms with Crippen LogP contribution in [-0.2, 0) is 16.1 Å². The lowest BCUT2D eigenvalue weighted by Crippen LogP contribution is -2.32. The second-order valence-corrected chi connectivity index (χ2v) is 7.33. The number of benzene rings is 3. The first kappa shape index (κ1) is 19.6. The summed E-state index contributed by atoms with van der Waals surface area (Å²) in [5.41, 5.74) is 4.26. The van der Waals surface area contributed by atoms with Gasteiger partial charge in [0.25, 0.3) is 11.8 Å². The predicted octanol–water partition coefficient (Wildman–Crippen LogP) is 4.83. The first-order valence-corrected chi connectivity index (χ1v) is 9.69. The number of amides is 2. The van der Waals surface area contributed by atoms with Crippen molar-refractivity contribution in [1.29, 1.82) is 0 Å². The van der Waals surface area contributed by atoms with Gasteiger partial charge >= 0.3 is 0 Å². The number of carbonyl (C=O) groups is 2. The van der Waals surface area contributed by atoms with E-state index >= 15 is 0 Å². The standard InChI is InChI=1S/C25H21FN2O2/c1-16-12-13-18(14-17(16)2)22-23(27-20-9-4-3-5-10-20)25(30)28(24(22)29)15-19-8-6-7-11-21(19)26/h3-14,27H,15H2,1-2H3. The Kier molecular flexibility index (Phi) is 5.19. The number of halogens is 1. The fourth-order valence-electron chi connectivity index (χ4n) is 3.46. The molecular weight excluding hydrogens is 379 g/mol. The largest absolute Gasteiger partial charge is 0.350 e. The minimum absolute atomic E-state index is 0.126. The first-order valence-electron chi connectivity index (χ1n) is 9.69. The number of nitrogens with one attached hydrogen (secondary N) is 1. The van der Waals surface area contributed by atoms with Crippen LogP contribution in [0.15, 0.2) is 78.5 Å². The van der Waals surface area contributed by atoms with Crippen molar-refractivity contribution in [3.63, 3.8) is 0 Å². The second-order valence-electron chi connectivity index (χ2n) is 7.33. The molecule has 0 radical (unpaired) electrons. The molecule has 30 heavy (non-hydrogen) atoms. The number of aryl methyl sites for hydroxylation is 2. The van der Waals surface area contributed by atoms with Gasteiger partial charge in [0, 0.05) is 11.3 Å². The Morgan fingerprint density at radius 3 is 2.23 bits per heavy atom. The van der Waals surface area contributed by atoms with E-state index in [0.29, 0.717) is 22.4 Å². The highest BCUT2D eigenvalue weighted by Crippen LogP contribution is 2.32. The molecule has 1 heterocycles. The summed E-state index contributed by atoms with van der Waals surface area (Å²) >= 11 is 0. The van der Waals surface area contributed by atoms with E-state index in [1.807, 2.05) is 62.4 Å². The zero-order chi connectivity index (χ0) is 21.3. The van der Waals surface area contributed by atoms with E-state index in [-0.39, 0.29) is 12.2 Å². The number of nitrogens with zero attached hydrogens (tertiary/aromatic N) is 1. The van der Waals surface area contributed by atoms with Crippen molar-refractivity contribution < 1.29 is 14.0 Å². The number of hydrogen-bond acceptors (Lipinski definition) is 3. The molecule has 3 aromatic carbocycles. The summed E-state index contributed by atoms with van der Waals surface area (Å²) in [6.07, 6.45) is 0. The molecule has 150 valence electrons. The molecule has 0 fully saturated rings. The van der Waals surface area contributed by atoms with Gasteiger partial charge in [0.2, 0.25) is 0 Å². The molecule has 1 aliphatic rings. The highest BCUT2D eigenvalue weighted by molar-refractivity contribution is 6.36. The van der Waals surface area contributed by atoms with Gasteiger partial charge < -0.3 is 5.32 Å². The third-order valence-corrected chi connectivity index (χ3v) is 5.29. The van der Waals surface area contributed by atoms with Crippen molar-refractivity contribution in [3.05, 3.63) is 107 Å². The maximum absolute atomic E-state index is 14.2. The molecule has 1 aliphatic heterocycles. The van der Waals surface area contributed by atoms with Gasteiger partial charge in [-0.2, -0.15) is 0 Å². The van der Waals surface area contributed by atoms with Crippen molar-refractivity contribution in [2.24, 2.45) is 0 Å². The van der Waals surface area contributed by atoms with E-state index in [0.717, 1.165) is 16.0 Å². The van der Waals surface area contributed by atoms with Crippen LogP contribution in [0.3, 0.4) is 0 Å². The Bertz CT molecular complexity index is 1170. The van der Waals surface area contributed by atoms with E-state index in [1.54, 1.807) is 18.2 Å². The minimum atomic E-state index is -0.472. The number of para-hydroxylation sites is 1. The van der Waals surface area contributed by atoms with E-state index < -0.39 is 17.6 Å². The minimum Gasteiger partial charge on any atom is -0.350 e. The Morgan fingerprint density at radius 2 is 1.53 bits per heavy atom. The van der Waals surface area contributed by atoms with Crippen molar-refractivity contribution in [2.75, 3.05) is 5.32 Å². The molecule has 2 amide bonds. The molecule has 1 N–H and O–H groups in total. The van der Waals surface area contributed by atoms with Crippen LogP contribution >= 0.6 is 0 Å². The fourth-order valence-corrected chi connectivity index (χ4v) is 3.46. The van der Waals surface area contributed by atoms with Crippen LogP contribution in [0.2, 0.25) is 0 Å². The number of rotatable bonds is 5. The topological polar surface area (TPSA) is 49.4 Å². The van der Waals surface area contributed by atoms with Gasteiger partial charge in [-0.25, -0.2) is 4.39 Å². The van der Waals surface area contributed by atoms with Gasteiger partial charge in [-0.15, -0.1) is 0 Å². The van der Waals surface area contributed by atoms with Crippen LogP contribution in [0.1, 0.15) is 22.3 Å². The lowest BCUT2D eigenvalue weighted by molar-refractivity contribution is -0.137. The Hall–Kier alpha value is -3.73. The maximum atomic E-state index is 14.2. The Balaban J connectivity index is 1.77. The fraction of sp³-hybridized carbons (Fsp3) is 0.120. The van der Waals surface area contributed by atoms with Crippen LogP contribution in [0.5, 0.6) is 0 Å². The number of anilines is 1. The molecule has 4 rings (SSSR count). The quantitative estimate of drug-likeness (QED) is 0.624. The summed E-state index contributed by atoms with van der Waals surface area (Å²) in [4.78, 5) is 27.6. The molecule has 3 aromatic rings. The average molecular weight is 400 g/mol. The van der Waals surface area contributed by atoms with Crippen molar-refractivity contribution >= 4 is 23.1 Å². The van der Waals surface area contributed by atoms with Crippen molar-refractivity contribution in [1.82, 2.24) is 4.90 Å². The summed E-state index contributed by atoms with van der Waals surface area (Å²) in [6, 6.07) is 21.0. The number of carbonyl (C=O) groups excluding carboxylic acids is 2. The van der Waals surface area contributed by atoms with Gasteiger partial charge in [-0.05, 0) is 48.7 Å². The van der Waals surface area contributed by atoms with Crippen LogP contribution in [0, 0.1) is 19.7 Å². The number of hydrogen-bond donors (Lipinski definition) is 1. The van der Waals surface area contributed by atoms with Gasteiger partial charge in [-0.3, -0.25) is 14.5 Å². The molecule has 0 spiro atoms. The van der Waals surface area contributed by atoms with Crippen molar-refractivity contribution in [2.45, 2.75) is 20.4 Å². The molecule has 0 saturated carbocycles. The third-order valence-electron chi connectivity index (χ3n) is 5.29. The SMILES string of the molecule is Cc1ccc(C2=C(Nc3ccccc3)C(=O)N(Cc3ccccc3F)C2=O)cc1C. The van der Waals surface area contributed by atoms with E-state index in [4.69, 9.17) is 0 Å². The Labute approximate surface area is 174 Å². The summed E-state index contributed by atoms with van der Waals surface area (Å²) in [7, 11) is 0. The zero-order valence-corrected chi connectivity index (χ0v) is 16.8. The van der Waals surface area contributed by atoms with Gasteiger partial charge in [-0.1, -0.05) is 54.6 Å². The molecule has 0 bridgehead atoms. The third kappa shape index (κ3) is 3.62. The molecule has 0 aromatic heterocycles. The lowest BCUT2D eigenvalue weighted by atomic mass is 9.99. The van der Waals surface area contributed by atoms with Crippen LogP contribution < -0.4 is 5.32 Å². The first-order chi connectivity index (χ1) is 14.5. The highest BCUT2D eigenvalue weighted by Gasteiger charge is 2.39. The monoisotopic (exact) mass is 400 g/mol. The summed E-state index contributed by atoms with van der Waals surface area (Å²) < 4.78 is 14.2. The average Bonchev–Trinajstić information content (AvgIpc) is 2.97. The number of imide groups is 1. The van der Waals surface area contributed by atoms with E-state index in [9.17, 15) is 14.0 Å². The summed E-state index contributed by atoms with van der Waals surface area (Å²) in [6.45, 7) is 3.82. The molecular formula is C25H21FN2O2. The molecule has 0 atom stereocenters. The van der Waals surface area contributed by atoms with Crippen LogP contribution in [0.25, 0.3) is 5.57 Å². The molecule has 0 saturated heterocycles. The summed E-state index contributed by atoms with van der Waals surface area (Å²) in [5.74, 6) is -1.36. The van der Waals surface area contributed by atoms with E-state index in [2.05, 4.69) is 5.32 Å². The zero-order valence-electron chi connectivity index (χ0n) is 16.8. The lowest BCUT2D eigenvalue weighted by Gasteiger charge is -2.16. The molecule has 4 nitrogen and oxygen atoms in total.